The minimum Gasteiger partial charge on any atom is -0.308 e. The van der Waals surface area contributed by atoms with Crippen molar-refractivity contribution in [3.05, 3.63) is 0 Å². The van der Waals surface area contributed by atoms with Crippen molar-refractivity contribution in [2.75, 3.05) is 11.5 Å². The van der Waals surface area contributed by atoms with E-state index >= 15 is 0 Å². The highest BCUT2D eigenvalue weighted by molar-refractivity contribution is 7.91. The van der Waals surface area contributed by atoms with Gasteiger partial charge in [0.1, 0.15) is 5.78 Å². The molecule has 0 radical (unpaired) electrons. The summed E-state index contributed by atoms with van der Waals surface area (Å²) in [5.41, 5.74) is 0. The summed E-state index contributed by atoms with van der Waals surface area (Å²) in [7, 11) is -2.88. The molecular weight excluding hydrogens is 214 g/mol. The zero-order valence-electron chi connectivity index (χ0n) is 7.02. The molecule has 2 fully saturated rings. The molecule has 0 aromatic rings. The second-order valence-corrected chi connectivity index (χ2v) is 5.74. The Bertz CT molecular complexity index is 292. The number of carbonyl (C=O) groups excluding carboxylic acids is 1. The van der Waals surface area contributed by atoms with Crippen LogP contribution in [0.3, 0.4) is 0 Å². The Hall–Kier alpha value is -0.130. The lowest BCUT2D eigenvalue weighted by Crippen LogP contribution is -2.56. The summed E-state index contributed by atoms with van der Waals surface area (Å²) in [6, 6.07) is -0.231. The van der Waals surface area contributed by atoms with Gasteiger partial charge in [-0.3, -0.25) is 4.79 Å². The van der Waals surface area contributed by atoms with Gasteiger partial charge in [0, 0.05) is 24.9 Å². The minimum atomic E-state index is -2.88. The number of carbonyl (C=O) groups is 1. The van der Waals surface area contributed by atoms with Gasteiger partial charge in [-0.05, 0) is 0 Å². The van der Waals surface area contributed by atoms with Crippen LogP contribution in [0.25, 0.3) is 0 Å². The van der Waals surface area contributed by atoms with Crippen molar-refractivity contribution in [1.29, 1.82) is 0 Å². The van der Waals surface area contributed by atoms with E-state index in [1.165, 1.54) is 0 Å². The van der Waals surface area contributed by atoms with Crippen molar-refractivity contribution in [3.8, 4) is 0 Å². The molecular formula is C7H12ClNO3S. The summed E-state index contributed by atoms with van der Waals surface area (Å²) in [6.07, 6.45) is 0.769. The smallest absolute Gasteiger partial charge is 0.153 e. The zero-order chi connectivity index (χ0) is 8.77. The summed E-state index contributed by atoms with van der Waals surface area (Å²) >= 11 is 0. The van der Waals surface area contributed by atoms with Gasteiger partial charge in [-0.1, -0.05) is 0 Å². The van der Waals surface area contributed by atoms with Crippen LogP contribution in [-0.4, -0.2) is 37.8 Å². The summed E-state index contributed by atoms with van der Waals surface area (Å²) in [5, 5.41) is 3.14. The molecule has 2 atom stereocenters. The molecule has 0 aromatic heterocycles. The summed E-state index contributed by atoms with van der Waals surface area (Å²) < 4.78 is 22.4. The molecule has 2 heterocycles. The van der Waals surface area contributed by atoms with Crippen LogP contribution in [0.2, 0.25) is 0 Å². The molecule has 0 saturated carbocycles. The molecule has 2 saturated heterocycles. The highest BCUT2D eigenvalue weighted by Gasteiger charge is 2.36. The molecule has 1 N–H and O–H groups in total. The van der Waals surface area contributed by atoms with Crippen LogP contribution in [0, 0.1) is 0 Å². The van der Waals surface area contributed by atoms with E-state index in [1.54, 1.807) is 0 Å². The van der Waals surface area contributed by atoms with Crippen molar-refractivity contribution in [2.45, 2.75) is 24.9 Å². The third kappa shape index (κ3) is 2.42. The molecule has 13 heavy (non-hydrogen) atoms. The molecule has 0 aliphatic carbocycles. The van der Waals surface area contributed by atoms with Crippen molar-refractivity contribution < 1.29 is 13.2 Å². The third-order valence-corrected chi connectivity index (χ3v) is 4.15. The van der Waals surface area contributed by atoms with Gasteiger partial charge >= 0.3 is 0 Å². The van der Waals surface area contributed by atoms with Crippen LogP contribution >= 0.6 is 12.4 Å². The number of halogens is 1. The Morgan fingerprint density at radius 2 is 1.62 bits per heavy atom. The molecule has 2 bridgehead atoms. The highest BCUT2D eigenvalue weighted by Crippen LogP contribution is 2.18. The highest BCUT2D eigenvalue weighted by atomic mass is 35.5. The summed E-state index contributed by atoms with van der Waals surface area (Å²) in [5.74, 6) is 0.462. The Morgan fingerprint density at radius 3 is 2.08 bits per heavy atom. The summed E-state index contributed by atoms with van der Waals surface area (Å²) in [6.45, 7) is 0. The van der Waals surface area contributed by atoms with Crippen LogP contribution in [0.5, 0.6) is 0 Å². The number of hydrogen-bond acceptors (Lipinski definition) is 4. The molecule has 0 aromatic carbocycles. The van der Waals surface area contributed by atoms with Gasteiger partial charge in [0.2, 0.25) is 0 Å². The fraction of sp³-hybridized carbons (Fsp3) is 0.857. The monoisotopic (exact) mass is 225 g/mol. The van der Waals surface area contributed by atoms with E-state index in [4.69, 9.17) is 0 Å². The maximum absolute atomic E-state index is 11.2. The molecule has 6 heteroatoms. The number of sulfone groups is 1. The van der Waals surface area contributed by atoms with Crippen LogP contribution in [0.4, 0.5) is 0 Å². The lowest BCUT2D eigenvalue weighted by atomic mass is 9.99. The molecule has 2 unspecified atom stereocenters. The van der Waals surface area contributed by atoms with E-state index in [0.717, 1.165) is 0 Å². The Labute approximate surface area is 83.4 Å². The number of fused-ring (bicyclic) bond motifs is 2. The number of rotatable bonds is 0. The topological polar surface area (TPSA) is 63.2 Å². The first-order chi connectivity index (χ1) is 5.55. The largest absolute Gasteiger partial charge is 0.308 e. The van der Waals surface area contributed by atoms with Gasteiger partial charge in [-0.25, -0.2) is 8.42 Å². The fourth-order valence-corrected chi connectivity index (χ4v) is 3.77. The van der Waals surface area contributed by atoms with Crippen molar-refractivity contribution >= 4 is 28.0 Å². The Morgan fingerprint density at radius 1 is 1.15 bits per heavy atom. The number of ketones is 1. The SMILES string of the molecule is Cl.O=C1CC2CS(=O)(=O)CC(C1)N2. The lowest BCUT2D eigenvalue weighted by molar-refractivity contribution is -0.121. The van der Waals surface area contributed by atoms with E-state index in [-0.39, 0.29) is 41.8 Å². The Balaban J connectivity index is 0.000000845. The van der Waals surface area contributed by atoms with Crippen molar-refractivity contribution in [2.24, 2.45) is 0 Å². The molecule has 2 aliphatic heterocycles. The average molecular weight is 226 g/mol. The van der Waals surface area contributed by atoms with Gasteiger partial charge < -0.3 is 5.32 Å². The van der Waals surface area contributed by atoms with E-state index < -0.39 is 9.84 Å². The van der Waals surface area contributed by atoms with Crippen LogP contribution in [0.1, 0.15) is 12.8 Å². The first kappa shape index (κ1) is 10.9. The molecule has 0 amide bonds. The van der Waals surface area contributed by atoms with Gasteiger partial charge in [-0.2, -0.15) is 0 Å². The number of Topliss-reactive ketones (excluding diaryl/α,β-unsaturated/α-hetero) is 1. The second-order valence-electron chi connectivity index (χ2n) is 3.58. The predicted molar refractivity (Wildman–Crippen MR) is 50.9 cm³/mol. The number of piperidine rings is 1. The van der Waals surface area contributed by atoms with Crippen LogP contribution in [-0.2, 0) is 14.6 Å². The second kappa shape index (κ2) is 3.55. The molecule has 2 aliphatic rings. The van der Waals surface area contributed by atoms with E-state index in [1.807, 2.05) is 0 Å². The van der Waals surface area contributed by atoms with Gasteiger partial charge in [0.15, 0.2) is 9.84 Å². The zero-order valence-corrected chi connectivity index (χ0v) is 8.66. The van der Waals surface area contributed by atoms with Crippen molar-refractivity contribution in [3.63, 3.8) is 0 Å². The first-order valence-electron chi connectivity index (χ1n) is 4.03. The molecule has 2 rings (SSSR count). The maximum atomic E-state index is 11.2. The minimum absolute atomic E-state index is 0. The maximum Gasteiger partial charge on any atom is 0.153 e. The first-order valence-corrected chi connectivity index (χ1v) is 5.85. The van der Waals surface area contributed by atoms with E-state index in [9.17, 15) is 13.2 Å². The molecule has 0 spiro atoms. The average Bonchev–Trinajstić information content (AvgIpc) is 1.78. The van der Waals surface area contributed by atoms with Crippen LogP contribution in [0.15, 0.2) is 0 Å². The van der Waals surface area contributed by atoms with Gasteiger partial charge in [0.25, 0.3) is 0 Å². The fourth-order valence-electron chi connectivity index (χ4n) is 1.98. The van der Waals surface area contributed by atoms with Gasteiger partial charge in [-0.15, -0.1) is 12.4 Å². The summed E-state index contributed by atoms with van der Waals surface area (Å²) in [4.78, 5) is 11.1. The molecule has 76 valence electrons. The standard InChI is InChI=1S/C7H11NO3S.ClH/c9-7-1-5-3-12(10,11)4-6(2-7)8-5;/h5-6,8H,1-4H2;1H. The van der Waals surface area contributed by atoms with E-state index in [2.05, 4.69) is 5.32 Å². The lowest BCUT2D eigenvalue weighted by Gasteiger charge is -2.34. The third-order valence-electron chi connectivity index (χ3n) is 2.33. The molecule has 4 nitrogen and oxygen atoms in total. The quantitative estimate of drug-likeness (QED) is 0.605. The van der Waals surface area contributed by atoms with Crippen LogP contribution < -0.4 is 5.32 Å². The normalized spacial score (nSPS) is 36.5. The van der Waals surface area contributed by atoms with E-state index in [0.29, 0.717) is 12.8 Å². The van der Waals surface area contributed by atoms with Crippen molar-refractivity contribution in [1.82, 2.24) is 5.32 Å². The number of nitrogens with one attached hydrogen (secondary N) is 1. The predicted octanol–water partition coefficient (Wildman–Crippen LogP) is -0.474. The Kier molecular flexibility index (Phi) is 2.99. The van der Waals surface area contributed by atoms with Gasteiger partial charge in [0.05, 0.1) is 11.5 Å². The number of hydrogen-bond donors (Lipinski definition) is 1.